The van der Waals surface area contributed by atoms with Gasteiger partial charge in [0.15, 0.2) is 0 Å². The Hall–Kier alpha value is -0.340. The predicted octanol–water partition coefficient (Wildman–Crippen LogP) is 2.75. The molecule has 15 heavy (non-hydrogen) atoms. The van der Waals surface area contributed by atoms with Crippen LogP contribution in [0.3, 0.4) is 0 Å². The van der Waals surface area contributed by atoms with E-state index in [1.54, 1.807) is 0 Å². The van der Waals surface area contributed by atoms with E-state index in [4.69, 9.17) is 4.74 Å². The summed E-state index contributed by atoms with van der Waals surface area (Å²) < 4.78 is 5.45. The Balaban J connectivity index is 1.90. The van der Waals surface area contributed by atoms with Gasteiger partial charge in [0.2, 0.25) is 0 Å². The van der Waals surface area contributed by atoms with Gasteiger partial charge in [0.1, 0.15) is 0 Å². The largest absolute Gasteiger partial charge is 0.380 e. The Kier molecular flexibility index (Phi) is 6.69. The lowest BCUT2D eigenvalue weighted by atomic mass is 10.1. The van der Waals surface area contributed by atoms with Gasteiger partial charge in [-0.2, -0.15) is 0 Å². The number of rotatable bonds is 8. The van der Waals surface area contributed by atoms with Crippen LogP contribution in [-0.2, 0) is 4.74 Å². The monoisotopic (exact) mass is 211 g/mol. The van der Waals surface area contributed by atoms with Gasteiger partial charge in [-0.05, 0) is 31.6 Å². The Morgan fingerprint density at radius 2 is 2.27 bits per heavy atom. The quantitative estimate of drug-likeness (QED) is 0.492. The van der Waals surface area contributed by atoms with E-state index in [1.807, 2.05) is 6.08 Å². The second kappa shape index (κ2) is 7.89. The Labute approximate surface area is 94.1 Å². The van der Waals surface area contributed by atoms with Gasteiger partial charge in [-0.3, -0.25) is 0 Å². The van der Waals surface area contributed by atoms with Gasteiger partial charge in [-0.25, -0.2) is 0 Å². The third-order valence-electron chi connectivity index (χ3n) is 3.26. The molecule has 0 amide bonds. The molecule has 0 bridgehead atoms. The van der Waals surface area contributed by atoms with E-state index >= 15 is 0 Å². The highest BCUT2D eigenvalue weighted by Gasteiger charge is 2.22. The molecular weight excluding hydrogens is 186 g/mol. The zero-order valence-electron chi connectivity index (χ0n) is 10.0. The van der Waals surface area contributed by atoms with Crippen molar-refractivity contribution >= 4 is 0 Å². The molecule has 0 aliphatic heterocycles. The number of hydrogen-bond acceptors (Lipinski definition) is 2. The van der Waals surface area contributed by atoms with E-state index in [9.17, 15) is 0 Å². The molecule has 2 atom stereocenters. The third kappa shape index (κ3) is 5.33. The van der Waals surface area contributed by atoms with Crippen LogP contribution in [0.4, 0.5) is 0 Å². The van der Waals surface area contributed by atoms with Crippen molar-refractivity contribution in [2.24, 2.45) is 5.92 Å². The fourth-order valence-electron chi connectivity index (χ4n) is 2.24. The summed E-state index contributed by atoms with van der Waals surface area (Å²) in [6.07, 6.45) is 8.32. The zero-order valence-corrected chi connectivity index (χ0v) is 10.0. The molecule has 1 N–H and O–H groups in total. The molecule has 0 saturated heterocycles. The molecule has 1 saturated carbocycles. The maximum absolute atomic E-state index is 5.45. The van der Waals surface area contributed by atoms with E-state index < -0.39 is 0 Å². The summed E-state index contributed by atoms with van der Waals surface area (Å²) in [6.45, 7) is 8.61. The molecule has 0 aromatic rings. The first-order valence-corrected chi connectivity index (χ1v) is 6.28. The molecule has 0 aromatic heterocycles. The van der Waals surface area contributed by atoms with Gasteiger partial charge in [0.05, 0.1) is 13.2 Å². The highest BCUT2D eigenvalue weighted by atomic mass is 16.5. The van der Waals surface area contributed by atoms with Crippen molar-refractivity contribution in [1.82, 2.24) is 5.32 Å². The topological polar surface area (TPSA) is 21.3 Å². The summed E-state index contributed by atoms with van der Waals surface area (Å²) >= 11 is 0. The zero-order chi connectivity index (χ0) is 10.9. The van der Waals surface area contributed by atoms with Crippen LogP contribution in [0.2, 0.25) is 0 Å². The molecule has 1 fully saturated rings. The minimum atomic E-state index is 0.748. The normalized spacial score (nSPS) is 25.7. The van der Waals surface area contributed by atoms with E-state index in [0.717, 1.165) is 38.1 Å². The molecule has 2 nitrogen and oxygen atoms in total. The molecule has 0 aromatic carbocycles. The lowest BCUT2D eigenvalue weighted by Gasteiger charge is -2.12. The van der Waals surface area contributed by atoms with Crippen LogP contribution in [0.25, 0.3) is 0 Å². The highest BCUT2D eigenvalue weighted by Crippen LogP contribution is 2.27. The second-order valence-electron chi connectivity index (χ2n) is 4.43. The summed E-state index contributed by atoms with van der Waals surface area (Å²) in [5.41, 5.74) is 0. The molecule has 2 heteroatoms. The van der Waals surface area contributed by atoms with Gasteiger partial charge in [0.25, 0.3) is 0 Å². The van der Waals surface area contributed by atoms with Crippen molar-refractivity contribution in [3.05, 3.63) is 12.7 Å². The summed E-state index contributed by atoms with van der Waals surface area (Å²) in [5, 5.41) is 3.57. The van der Waals surface area contributed by atoms with Crippen molar-refractivity contribution in [2.45, 2.75) is 45.1 Å². The van der Waals surface area contributed by atoms with Crippen LogP contribution >= 0.6 is 0 Å². The van der Waals surface area contributed by atoms with E-state index in [0.29, 0.717) is 0 Å². The summed E-state index contributed by atoms with van der Waals surface area (Å²) in [6, 6.07) is 0.748. The van der Waals surface area contributed by atoms with E-state index in [2.05, 4.69) is 18.8 Å². The Morgan fingerprint density at radius 3 is 2.93 bits per heavy atom. The predicted molar refractivity (Wildman–Crippen MR) is 65.1 cm³/mol. The maximum atomic E-state index is 5.45. The van der Waals surface area contributed by atoms with Gasteiger partial charge < -0.3 is 10.1 Å². The van der Waals surface area contributed by atoms with Crippen LogP contribution in [0.5, 0.6) is 0 Å². The van der Waals surface area contributed by atoms with Crippen LogP contribution < -0.4 is 5.32 Å². The van der Waals surface area contributed by atoms with Crippen molar-refractivity contribution in [1.29, 1.82) is 0 Å². The average molecular weight is 211 g/mol. The maximum Gasteiger partial charge on any atom is 0.0591 e. The average Bonchev–Trinajstić information content (AvgIpc) is 2.71. The number of ether oxygens (including phenoxy) is 1. The SMILES string of the molecule is C=CCCOCCNC1CCC(CC)C1. The number of nitrogens with one attached hydrogen (secondary N) is 1. The first-order valence-electron chi connectivity index (χ1n) is 6.28. The molecule has 1 aliphatic rings. The highest BCUT2D eigenvalue weighted by molar-refractivity contribution is 4.79. The van der Waals surface area contributed by atoms with Crippen molar-refractivity contribution in [3.8, 4) is 0 Å². The van der Waals surface area contributed by atoms with Crippen molar-refractivity contribution in [2.75, 3.05) is 19.8 Å². The molecule has 0 heterocycles. The third-order valence-corrected chi connectivity index (χ3v) is 3.26. The van der Waals surface area contributed by atoms with E-state index in [-0.39, 0.29) is 0 Å². The Bertz CT molecular complexity index is 170. The van der Waals surface area contributed by atoms with E-state index in [1.165, 1.54) is 25.7 Å². The first kappa shape index (κ1) is 12.7. The van der Waals surface area contributed by atoms with Crippen LogP contribution in [0.15, 0.2) is 12.7 Å². The lowest BCUT2D eigenvalue weighted by Crippen LogP contribution is -2.29. The minimum Gasteiger partial charge on any atom is -0.380 e. The van der Waals surface area contributed by atoms with Gasteiger partial charge in [-0.15, -0.1) is 6.58 Å². The van der Waals surface area contributed by atoms with Crippen LogP contribution in [0.1, 0.15) is 39.0 Å². The molecule has 2 unspecified atom stereocenters. The van der Waals surface area contributed by atoms with Gasteiger partial charge in [-0.1, -0.05) is 19.4 Å². The second-order valence-corrected chi connectivity index (χ2v) is 4.43. The minimum absolute atomic E-state index is 0.748. The standard InChI is InChI=1S/C13H25NO/c1-3-5-9-15-10-8-14-13-7-6-12(4-2)11-13/h3,12-14H,1,4-11H2,2H3. The van der Waals surface area contributed by atoms with Gasteiger partial charge in [0, 0.05) is 12.6 Å². The molecule has 88 valence electrons. The first-order chi connectivity index (χ1) is 7.36. The molecule has 0 radical (unpaired) electrons. The lowest BCUT2D eigenvalue weighted by molar-refractivity contribution is 0.138. The fourth-order valence-corrected chi connectivity index (χ4v) is 2.24. The summed E-state index contributed by atoms with van der Waals surface area (Å²) in [5.74, 6) is 0.962. The van der Waals surface area contributed by atoms with Crippen molar-refractivity contribution < 1.29 is 4.74 Å². The van der Waals surface area contributed by atoms with Crippen LogP contribution in [0, 0.1) is 5.92 Å². The fraction of sp³-hybridized carbons (Fsp3) is 0.846. The van der Waals surface area contributed by atoms with Gasteiger partial charge >= 0.3 is 0 Å². The molecule has 1 rings (SSSR count). The summed E-state index contributed by atoms with van der Waals surface area (Å²) in [7, 11) is 0. The van der Waals surface area contributed by atoms with Crippen LogP contribution in [-0.4, -0.2) is 25.8 Å². The molecule has 0 spiro atoms. The smallest absolute Gasteiger partial charge is 0.0591 e. The van der Waals surface area contributed by atoms with Crippen molar-refractivity contribution in [3.63, 3.8) is 0 Å². The Morgan fingerprint density at radius 1 is 1.40 bits per heavy atom. The molecular formula is C13H25NO. The summed E-state index contributed by atoms with van der Waals surface area (Å²) in [4.78, 5) is 0. The number of hydrogen-bond donors (Lipinski definition) is 1. The molecule has 1 aliphatic carbocycles.